The minimum absolute atomic E-state index is 0.158. The van der Waals surface area contributed by atoms with Crippen LogP contribution in [0.4, 0.5) is 5.69 Å². The van der Waals surface area contributed by atoms with Crippen molar-refractivity contribution < 1.29 is 4.79 Å². The van der Waals surface area contributed by atoms with Crippen molar-refractivity contribution in [1.29, 1.82) is 0 Å². The first kappa shape index (κ1) is 17.7. The molecule has 3 aromatic rings. The first-order valence-electron chi connectivity index (χ1n) is 9.08. The van der Waals surface area contributed by atoms with Crippen molar-refractivity contribution in [3.05, 3.63) is 64.9 Å². The third kappa shape index (κ3) is 3.47. The summed E-state index contributed by atoms with van der Waals surface area (Å²) < 4.78 is 0. The lowest BCUT2D eigenvalue weighted by Gasteiger charge is -2.41. The molecule has 0 aliphatic carbocycles. The van der Waals surface area contributed by atoms with Gasteiger partial charge in [-0.2, -0.15) is 0 Å². The molecule has 138 valence electrons. The van der Waals surface area contributed by atoms with Crippen molar-refractivity contribution >= 4 is 34.2 Å². The Morgan fingerprint density at radius 1 is 1.07 bits per heavy atom. The number of amides is 1. The molecule has 1 saturated heterocycles. The number of hydrogen-bond donors (Lipinski definition) is 0. The number of nitrogens with zero attached hydrogens (tertiary/aromatic N) is 4. The summed E-state index contributed by atoms with van der Waals surface area (Å²) in [6, 6.07) is 16.1. The third-order valence-corrected chi connectivity index (χ3v) is 5.24. The van der Waals surface area contributed by atoms with Crippen LogP contribution in [0.25, 0.3) is 11.0 Å². The zero-order valence-electron chi connectivity index (χ0n) is 15.4. The highest BCUT2D eigenvalue weighted by Crippen LogP contribution is 2.24. The average molecular weight is 381 g/mol. The number of aryl methyl sites for hydroxylation is 1. The number of benzene rings is 2. The van der Waals surface area contributed by atoms with Gasteiger partial charge in [0.15, 0.2) is 10.8 Å². The molecule has 0 saturated carbocycles. The normalized spacial score (nSPS) is 17.4. The second kappa shape index (κ2) is 7.16. The second-order valence-electron chi connectivity index (χ2n) is 6.98. The molecule has 0 radical (unpaired) electrons. The number of carbonyl (C=O) groups is 1. The van der Waals surface area contributed by atoms with E-state index in [1.54, 1.807) is 0 Å². The average Bonchev–Trinajstić information content (AvgIpc) is 2.66. The van der Waals surface area contributed by atoms with Gasteiger partial charge in [0.2, 0.25) is 0 Å². The summed E-state index contributed by atoms with van der Waals surface area (Å²) in [5, 5.41) is 0.160. The van der Waals surface area contributed by atoms with E-state index in [1.165, 1.54) is 11.3 Å². The molecule has 1 aliphatic heterocycles. The summed E-state index contributed by atoms with van der Waals surface area (Å²) in [5.74, 6) is -0.158. The van der Waals surface area contributed by atoms with Gasteiger partial charge in [-0.05, 0) is 43.7 Å². The largest absolute Gasteiger partial charge is 0.365 e. The molecule has 1 fully saturated rings. The molecule has 0 bridgehead atoms. The number of halogens is 1. The van der Waals surface area contributed by atoms with E-state index >= 15 is 0 Å². The lowest BCUT2D eigenvalue weighted by atomic mass is 10.1. The van der Waals surface area contributed by atoms with E-state index in [2.05, 4.69) is 53.0 Å². The highest BCUT2D eigenvalue weighted by atomic mass is 35.5. The smallest absolute Gasteiger partial charge is 0.275 e. The van der Waals surface area contributed by atoms with Crippen molar-refractivity contribution in [3.63, 3.8) is 0 Å². The zero-order chi connectivity index (χ0) is 19.0. The van der Waals surface area contributed by atoms with Gasteiger partial charge >= 0.3 is 0 Å². The van der Waals surface area contributed by atoms with Gasteiger partial charge in [-0.25, -0.2) is 9.97 Å². The molecule has 4 rings (SSSR count). The molecule has 1 atom stereocenters. The Labute approximate surface area is 163 Å². The van der Waals surface area contributed by atoms with Crippen LogP contribution in [0.15, 0.2) is 48.5 Å². The maximum absolute atomic E-state index is 13.0. The van der Waals surface area contributed by atoms with Crippen LogP contribution in [0, 0.1) is 6.92 Å². The number of rotatable bonds is 2. The number of aromatic nitrogens is 2. The maximum atomic E-state index is 13.0. The van der Waals surface area contributed by atoms with E-state index in [9.17, 15) is 4.79 Å². The second-order valence-corrected chi connectivity index (χ2v) is 7.34. The van der Waals surface area contributed by atoms with Gasteiger partial charge in [-0.1, -0.05) is 35.9 Å². The standard InChI is InChI=1S/C21H21ClN4O/c1-14-6-5-7-16(12-14)26-11-10-25(13-15(26)2)21(27)19-20(22)24-18-9-4-3-8-17(18)23-19/h3-9,12,15H,10-11,13H2,1-2H3/t15-/m1/s1. The molecular weight excluding hydrogens is 360 g/mol. The van der Waals surface area contributed by atoms with Crippen molar-refractivity contribution in [2.45, 2.75) is 19.9 Å². The minimum atomic E-state index is -0.158. The Balaban J connectivity index is 1.55. The predicted molar refractivity (Wildman–Crippen MR) is 108 cm³/mol. The first-order valence-corrected chi connectivity index (χ1v) is 9.45. The summed E-state index contributed by atoms with van der Waals surface area (Å²) in [6.07, 6.45) is 0. The first-order chi connectivity index (χ1) is 13.0. The number of hydrogen-bond acceptors (Lipinski definition) is 4. The summed E-state index contributed by atoms with van der Waals surface area (Å²) >= 11 is 6.26. The van der Waals surface area contributed by atoms with Gasteiger partial charge in [-0.15, -0.1) is 0 Å². The van der Waals surface area contributed by atoms with E-state index in [-0.39, 0.29) is 22.8 Å². The summed E-state index contributed by atoms with van der Waals surface area (Å²) in [5.41, 5.74) is 4.02. The zero-order valence-corrected chi connectivity index (χ0v) is 16.1. The summed E-state index contributed by atoms with van der Waals surface area (Å²) in [4.78, 5) is 26.0. The van der Waals surface area contributed by atoms with Gasteiger partial charge in [0, 0.05) is 31.4 Å². The van der Waals surface area contributed by atoms with Gasteiger partial charge in [0.05, 0.1) is 11.0 Å². The highest BCUT2D eigenvalue weighted by molar-refractivity contribution is 6.32. The molecule has 1 amide bonds. The molecule has 6 heteroatoms. The van der Waals surface area contributed by atoms with Crippen molar-refractivity contribution in [2.75, 3.05) is 24.5 Å². The SMILES string of the molecule is Cc1cccc(N2CCN(C(=O)c3nc4ccccc4nc3Cl)C[C@H]2C)c1. The van der Waals surface area contributed by atoms with Crippen molar-refractivity contribution in [3.8, 4) is 0 Å². The van der Waals surface area contributed by atoms with Crippen LogP contribution < -0.4 is 4.90 Å². The number of carbonyl (C=O) groups excluding carboxylic acids is 1. The monoisotopic (exact) mass is 380 g/mol. The summed E-state index contributed by atoms with van der Waals surface area (Å²) in [6.45, 7) is 6.25. The van der Waals surface area contributed by atoms with Gasteiger partial charge in [0.1, 0.15) is 0 Å². The molecule has 1 aliphatic rings. The van der Waals surface area contributed by atoms with Crippen molar-refractivity contribution in [1.82, 2.24) is 14.9 Å². The van der Waals surface area contributed by atoms with Gasteiger partial charge < -0.3 is 9.80 Å². The van der Waals surface area contributed by atoms with Gasteiger partial charge in [0.25, 0.3) is 5.91 Å². The van der Waals surface area contributed by atoms with Crippen LogP contribution in [0.3, 0.4) is 0 Å². The Bertz CT molecular complexity index is 1010. The molecule has 27 heavy (non-hydrogen) atoms. The molecule has 2 aromatic carbocycles. The molecule has 1 aromatic heterocycles. The van der Waals surface area contributed by atoms with Crippen molar-refractivity contribution in [2.24, 2.45) is 0 Å². The Kier molecular flexibility index (Phi) is 4.70. The fourth-order valence-corrected chi connectivity index (χ4v) is 3.81. The van der Waals surface area contributed by atoms with Crippen LogP contribution >= 0.6 is 11.6 Å². The van der Waals surface area contributed by atoms with E-state index in [1.807, 2.05) is 29.2 Å². The Morgan fingerprint density at radius 2 is 1.81 bits per heavy atom. The van der Waals surface area contributed by atoms with E-state index in [0.29, 0.717) is 24.1 Å². The lowest BCUT2D eigenvalue weighted by Crippen LogP contribution is -2.54. The fourth-order valence-electron chi connectivity index (χ4n) is 3.60. The lowest BCUT2D eigenvalue weighted by molar-refractivity contribution is 0.0720. The van der Waals surface area contributed by atoms with E-state index in [4.69, 9.17) is 11.6 Å². The maximum Gasteiger partial charge on any atom is 0.275 e. The molecule has 0 unspecified atom stereocenters. The topological polar surface area (TPSA) is 49.3 Å². The van der Waals surface area contributed by atoms with Crippen LogP contribution in [-0.2, 0) is 0 Å². The highest BCUT2D eigenvalue weighted by Gasteiger charge is 2.29. The number of piperazine rings is 1. The quantitative estimate of drug-likeness (QED) is 0.675. The predicted octanol–water partition coefficient (Wildman–Crippen LogP) is 3.94. The number of para-hydroxylation sites is 2. The van der Waals surface area contributed by atoms with Crippen LogP contribution in [-0.4, -0.2) is 46.5 Å². The fraction of sp³-hybridized carbons (Fsp3) is 0.286. The summed E-state index contributed by atoms with van der Waals surface area (Å²) in [7, 11) is 0. The van der Waals surface area contributed by atoms with E-state index in [0.717, 1.165) is 6.54 Å². The minimum Gasteiger partial charge on any atom is -0.365 e. The number of fused-ring (bicyclic) bond motifs is 1. The van der Waals surface area contributed by atoms with Crippen LogP contribution in [0.2, 0.25) is 5.15 Å². The number of anilines is 1. The Hall–Kier alpha value is -2.66. The molecule has 2 heterocycles. The van der Waals surface area contributed by atoms with Gasteiger partial charge in [-0.3, -0.25) is 4.79 Å². The Morgan fingerprint density at radius 3 is 2.52 bits per heavy atom. The molecular formula is C21H21ClN4O. The van der Waals surface area contributed by atoms with Crippen LogP contribution in [0.1, 0.15) is 23.0 Å². The van der Waals surface area contributed by atoms with E-state index < -0.39 is 0 Å². The van der Waals surface area contributed by atoms with Crippen LogP contribution in [0.5, 0.6) is 0 Å². The molecule has 0 spiro atoms. The third-order valence-electron chi connectivity index (χ3n) is 4.98. The molecule has 0 N–H and O–H groups in total. The molecule has 5 nitrogen and oxygen atoms in total.